The van der Waals surface area contributed by atoms with Gasteiger partial charge in [-0.1, -0.05) is 40.9 Å². The smallest absolute Gasteiger partial charge is 0.339 e. The number of hydrogen-bond acceptors (Lipinski definition) is 6. The van der Waals surface area contributed by atoms with Gasteiger partial charge < -0.3 is 9.92 Å². The lowest BCUT2D eigenvalue weighted by Crippen LogP contribution is -2.11. The van der Waals surface area contributed by atoms with Gasteiger partial charge in [-0.3, -0.25) is 4.79 Å². The van der Waals surface area contributed by atoms with Gasteiger partial charge in [0, 0.05) is 10.6 Å². The first-order chi connectivity index (χ1) is 12.7. The van der Waals surface area contributed by atoms with Crippen LogP contribution in [-0.4, -0.2) is 19.5 Å². The van der Waals surface area contributed by atoms with Crippen molar-refractivity contribution in [3.05, 3.63) is 62.5 Å². The Balaban J connectivity index is 2.04. The molecule has 10 heteroatoms. The molecule has 0 unspecified atom stereocenters. The van der Waals surface area contributed by atoms with Crippen LogP contribution in [0.15, 0.2) is 51.2 Å². The second kappa shape index (κ2) is 7.55. The van der Waals surface area contributed by atoms with Crippen molar-refractivity contribution in [2.75, 3.05) is 0 Å². The molecule has 0 aromatic heterocycles. The van der Waals surface area contributed by atoms with E-state index >= 15 is 0 Å². The van der Waals surface area contributed by atoms with E-state index in [1.807, 2.05) is 6.92 Å². The zero-order chi connectivity index (χ0) is 19.8. The number of halogens is 2. The van der Waals surface area contributed by atoms with E-state index in [0.717, 1.165) is 17.3 Å². The fourth-order valence-corrected chi connectivity index (χ4v) is 4.44. The number of carbonyl (C=O) groups excluding carboxylic acids is 1. The van der Waals surface area contributed by atoms with E-state index in [4.69, 9.17) is 33.1 Å². The summed E-state index contributed by atoms with van der Waals surface area (Å²) in [7, 11) is -4.15. The highest BCUT2D eigenvalue weighted by atomic mass is 35.5. The molecule has 0 spiro atoms. The Kier molecular flexibility index (Phi) is 5.53. The van der Waals surface area contributed by atoms with Crippen molar-refractivity contribution in [2.24, 2.45) is 10.7 Å². The van der Waals surface area contributed by atoms with E-state index in [0.29, 0.717) is 0 Å². The van der Waals surface area contributed by atoms with Crippen LogP contribution in [0.1, 0.15) is 11.1 Å². The second-order valence-electron chi connectivity index (χ2n) is 5.52. The number of benzene rings is 2. The van der Waals surface area contributed by atoms with Gasteiger partial charge in [0.2, 0.25) is 0 Å². The van der Waals surface area contributed by atoms with Crippen molar-refractivity contribution in [3.63, 3.8) is 0 Å². The monoisotopic (exact) mass is 442 g/mol. The van der Waals surface area contributed by atoms with Crippen molar-refractivity contribution in [1.82, 2.24) is 0 Å². The molecule has 1 aliphatic rings. The van der Waals surface area contributed by atoms with Crippen molar-refractivity contribution in [2.45, 2.75) is 11.8 Å². The SMILES string of the molecule is Cc1ccc(S(=O)(=O)Oc2c(Cl)cc(Cl)cc2/C=C2\SC(N)=NC2=O)cc1. The minimum Gasteiger partial charge on any atom is -0.378 e. The first kappa shape index (κ1) is 19.8. The van der Waals surface area contributed by atoms with E-state index in [-0.39, 0.29) is 36.3 Å². The van der Waals surface area contributed by atoms with Crippen LogP contribution in [0.3, 0.4) is 0 Å². The summed E-state index contributed by atoms with van der Waals surface area (Å²) in [5.41, 5.74) is 6.64. The van der Waals surface area contributed by atoms with Gasteiger partial charge in [0.05, 0.1) is 9.93 Å². The molecule has 3 rings (SSSR count). The van der Waals surface area contributed by atoms with Gasteiger partial charge in [0.1, 0.15) is 4.90 Å². The molecule has 0 saturated heterocycles. The Hall–Kier alpha value is -2.00. The highest BCUT2D eigenvalue weighted by Crippen LogP contribution is 2.37. The zero-order valence-corrected chi connectivity index (χ0v) is 16.9. The minimum absolute atomic E-state index is 0.0191. The van der Waals surface area contributed by atoms with Gasteiger partial charge in [-0.05, 0) is 49.0 Å². The predicted octanol–water partition coefficient (Wildman–Crippen LogP) is 4.00. The molecular weight excluding hydrogens is 431 g/mol. The van der Waals surface area contributed by atoms with Crippen molar-refractivity contribution in [1.29, 1.82) is 0 Å². The average molecular weight is 443 g/mol. The number of aliphatic imine (C=N–C) groups is 1. The number of thioether (sulfide) groups is 1. The van der Waals surface area contributed by atoms with Gasteiger partial charge in [0.15, 0.2) is 10.9 Å². The summed E-state index contributed by atoms with van der Waals surface area (Å²) < 4.78 is 30.5. The zero-order valence-electron chi connectivity index (χ0n) is 13.8. The molecule has 0 radical (unpaired) electrons. The Morgan fingerprint density at radius 2 is 1.85 bits per heavy atom. The molecule has 0 aliphatic carbocycles. The summed E-state index contributed by atoms with van der Waals surface area (Å²) in [6.45, 7) is 1.83. The number of amides is 1. The van der Waals surface area contributed by atoms with Crippen LogP contribution in [-0.2, 0) is 14.9 Å². The van der Waals surface area contributed by atoms with Gasteiger partial charge >= 0.3 is 10.1 Å². The summed E-state index contributed by atoms with van der Waals surface area (Å²) in [5.74, 6) is -0.686. The first-order valence-corrected chi connectivity index (χ1v) is 10.4. The highest BCUT2D eigenvalue weighted by molar-refractivity contribution is 8.18. The second-order valence-corrected chi connectivity index (χ2v) is 8.97. The van der Waals surface area contributed by atoms with Crippen LogP contribution in [0.5, 0.6) is 5.75 Å². The standard InChI is InChI=1S/C17H12Cl2N2O4S2/c1-9-2-4-12(5-3-9)27(23,24)25-15-10(6-11(18)8-13(15)19)7-14-16(22)21-17(20)26-14/h2-8H,1H3,(H2,20,21,22)/b14-7-. The van der Waals surface area contributed by atoms with Crippen LogP contribution < -0.4 is 9.92 Å². The molecular formula is C17H12Cl2N2O4S2. The molecule has 0 fully saturated rings. The summed E-state index contributed by atoms with van der Waals surface area (Å²) in [4.78, 5) is 15.6. The van der Waals surface area contributed by atoms with E-state index in [2.05, 4.69) is 4.99 Å². The maximum absolute atomic E-state index is 12.6. The molecule has 0 saturated carbocycles. The van der Waals surface area contributed by atoms with E-state index < -0.39 is 16.0 Å². The number of aryl methyl sites for hydroxylation is 1. The lowest BCUT2D eigenvalue weighted by atomic mass is 10.2. The van der Waals surface area contributed by atoms with Crippen LogP contribution >= 0.6 is 35.0 Å². The van der Waals surface area contributed by atoms with Crippen molar-refractivity contribution in [3.8, 4) is 5.75 Å². The van der Waals surface area contributed by atoms with E-state index in [9.17, 15) is 13.2 Å². The van der Waals surface area contributed by atoms with Gasteiger partial charge in [-0.15, -0.1) is 0 Å². The maximum atomic E-state index is 12.6. The predicted molar refractivity (Wildman–Crippen MR) is 108 cm³/mol. The number of carbonyl (C=O) groups is 1. The molecule has 1 aliphatic heterocycles. The molecule has 1 heterocycles. The molecule has 140 valence electrons. The van der Waals surface area contributed by atoms with Gasteiger partial charge in [-0.25, -0.2) is 0 Å². The Bertz CT molecular complexity index is 1090. The molecule has 2 N–H and O–H groups in total. The van der Waals surface area contributed by atoms with E-state index in [1.54, 1.807) is 12.1 Å². The summed E-state index contributed by atoms with van der Waals surface area (Å²) in [6.07, 6.45) is 1.38. The Morgan fingerprint density at radius 3 is 2.44 bits per heavy atom. The summed E-state index contributed by atoms with van der Waals surface area (Å²) >= 11 is 13.1. The maximum Gasteiger partial charge on any atom is 0.339 e. The third-order valence-corrected chi connectivity index (χ3v) is 6.01. The fraction of sp³-hybridized carbons (Fsp3) is 0.0588. The third kappa shape index (κ3) is 4.47. The highest BCUT2D eigenvalue weighted by Gasteiger charge is 2.24. The van der Waals surface area contributed by atoms with Crippen LogP contribution in [0.2, 0.25) is 10.0 Å². The van der Waals surface area contributed by atoms with Crippen LogP contribution in [0.4, 0.5) is 0 Å². The number of nitrogens with zero attached hydrogens (tertiary/aromatic N) is 1. The Labute approximate surface area is 170 Å². The lowest BCUT2D eigenvalue weighted by molar-refractivity contribution is -0.113. The normalized spacial score (nSPS) is 15.9. The van der Waals surface area contributed by atoms with Gasteiger partial charge in [0.25, 0.3) is 5.91 Å². The lowest BCUT2D eigenvalue weighted by Gasteiger charge is -2.12. The van der Waals surface area contributed by atoms with E-state index in [1.165, 1.54) is 30.3 Å². The van der Waals surface area contributed by atoms with Crippen molar-refractivity contribution < 1.29 is 17.4 Å². The molecule has 27 heavy (non-hydrogen) atoms. The Morgan fingerprint density at radius 1 is 1.19 bits per heavy atom. The fourth-order valence-electron chi connectivity index (χ4n) is 2.20. The largest absolute Gasteiger partial charge is 0.378 e. The van der Waals surface area contributed by atoms with Crippen LogP contribution in [0.25, 0.3) is 6.08 Å². The molecule has 6 nitrogen and oxygen atoms in total. The molecule has 0 atom stereocenters. The number of amidine groups is 1. The molecule has 2 aromatic rings. The first-order valence-electron chi connectivity index (χ1n) is 7.44. The number of nitrogens with two attached hydrogens (primary N) is 1. The molecule has 1 amide bonds. The molecule has 2 aromatic carbocycles. The molecule has 0 bridgehead atoms. The topological polar surface area (TPSA) is 98.8 Å². The summed E-state index contributed by atoms with van der Waals surface area (Å²) in [5, 5.41) is 0.319. The summed E-state index contributed by atoms with van der Waals surface area (Å²) in [6, 6.07) is 8.94. The number of hydrogen-bond donors (Lipinski definition) is 1. The van der Waals surface area contributed by atoms with Gasteiger partial charge in [-0.2, -0.15) is 13.4 Å². The quantitative estimate of drug-likeness (QED) is 0.567. The minimum atomic E-state index is -4.15. The average Bonchev–Trinajstić information content (AvgIpc) is 2.88. The van der Waals surface area contributed by atoms with Crippen molar-refractivity contribution >= 4 is 62.2 Å². The van der Waals surface area contributed by atoms with Crippen LogP contribution in [0, 0.1) is 6.92 Å². The third-order valence-electron chi connectivity index (χ3n) is 3.46. The number of rotatable bonds is 4.